The van der Waals surface area contributed by atoms with Crippen LogP contribution in [0.25, 0.3) is 0 Å². The molecule has 1 aliphatic rings. The number of carbonyl (C=O) groups excluding carboxylic acids is 2. The Morgan fingerprint density at radius 2 is 1.95 bits per heavy atom. The average molecular weight is 285 g/mol. The van der Waals surface area contributed by atoms with E-state index in [1.54, 1.807) is 0 Å². The number of nitrogens with zero attached hydrogens (tertiary/aromatic N) is 1. The number of amides is 3. The predicted molar refractivity (Wildman–Crippen MR) is 72.9 cm³/mol. The van der Waals surface area contributed by atoms with Crippen LogP contribution < -0.4 is 11.1 Å². The topological polar surface area (TPSA) is 113 Å². The highest BCUT2D eigenvalue weighted by Crippen LogP contribution is 2.30. The maximum Gasteiger partial charge on any atom is 0.323 e. The highest BCUT2D eigenvalue weighted by atomic mass is 16.4. The van der Waals surface area contributed by atoms with Crippen molar-refractivity contribution < 1.29 is 19.5 Å². The van der Waals surface area contributed by atoms with E-state index in [4.69, 9.17) is 10.8 Å². The van der Waals surface area contributed by atoms with Gasteiger partial charge in [-0.05, 0) is 31.1 Å². The first kappa shape index (κ1) is 16.3. The van der Waals surface area contributed by atoms with Gasteiger partial charge in [-0.2, -0.15) is 0 Å². The van der Waals surface area contributed by atoms with Crippen LogP contribution in [-0.4, -0.2) is 47.0 Å². The van der Waals surface area contributed by atoms with E-state index in [0.29, 0.717) is 18.9 Å². The zero-order valence-corrected chi connectivity index (χ0v) is 12.0. The summed E-state index contributed by atoms with van der Waals surface area (Å²) < 4.78 is 0. The van der Waals surface area contributed by atoms with Crippen molar-refractivity contribution >= 4 is 17.9 Å². The second-order valence-corrected chi connectivity index (χ2v) is 5.75. The summed E-state index contributed by atoms with van der Waals surface area (Å²) in [6.45, 7) is 3.93. The Balaban J connectivity index is 2.73. The summed E-state index contributed by atoms with van der Waals surface area (Å²) in [4.78, 5) is 35.6. The van der Waals surface area contributed by atoms with Crippen LogP contribution >= 0.6 is 0 Å². The van der Waals surface area contributed by atoms with E-state index in [2.05, 4.69) is 5.32 Å². The average Bonchev–Trinajstić information content (AvgIpc) is 3.08. The van der Waals surface area contributed by atoms with Crippen molar-refractivity contribution in [2.45, 2.75) is 39.2 Å². The highest BCUT2D eigenvalue weighted by molar-refractivity contribution is 5.88. The van der Waals surface area contributed by atoms with Gasteiger partial charge in [0, 0.05) is 6.54 Å². The lowest BCUT2D eigenvalue weighted by atomic mass is 10.0. The zero-order chi connectivity index (χ0) is 15.3. The van der Waals surface area contributed by atoms with E-state index in [1.807, 2.05) is 13.8 Å². The van der Waals surface area contributed by atoms with Gasteiger partial charge < -0.3 is 21.1 Å². The number of rotatable bonds is 8. The quantitative estimate of drug-likeness (QED) is 0.598. The van der Waals surface area contributed by atoms with Gasteiger partial charge in [0.1, 0.15) is 12.6 Å². The summed E-state index contributed by atoms with van der Waals surface area (Å²) in [5.41, 5.74) is 5.08. The maximum atomic E-state index is 12.4. The van der Waals surface area contributed by atoms with E-state index in [9.17, 15) is 14.4 Å². The predicted octanol–water partition coefficient (Wildman–Crippen LogP) is 0.393. The molecule has 7 nitrogen and oxygen atoms in total. The SMILES string of the molecule is CC(C)CC(NC(N)=O)C(=O)N(CC(=O)O)CC1CC1. The summed E-state index contributed by atoms with van der Waals surface area (Å²) >= 11 is 0. The minimum atomic E-state index is -1.05. The van der Waals surface area contributed by atoms with Crippen LogP contribution in [0.4, 0.5) is 4.79 Å². The van der Waals surface area contributed by atoms with Gasteiger partial charge in [0.25, 0.3) is 0 Å². The lowest BCUT2D eigenvalue weighted by molar-refractivity contribution is -0.145. The van der Waals surface area contributed by atoms with Crippen molar-refractivity contribution in [2.75, 3.05) is 13.1 Å². The molecule has 0 aromatic carbocycles. The molecule has 0 aliphatic heterocycles. The standard InChI is InChI=1S/C13H23N3O4/c1-8(2)5-10(15-13(14)20)12(19)16(7-11(17)18)6-9-3-4-9/h8-10H,3-7H2,1-2H3,(H,17,18)(H3,14,15,20). The van der Waals surface area contributed by atoms with E-state index in [-0.39, 0.29) is 18.4 Å². The first-order chi connectivity index (χ1) is 9.29. The molecule has 1 saturated carbocycles. The molecule has 1 rings (SSSR count). The van der Waals surface area contributed by atoms with Crippen LogP contribution in [0.15, 0.2) is 0 Å². The van der Waals surface area contributed by atoms with E-state index >= 15 is 0 Å². The van der Waals surface area contributed by atoms with Crippen LogP contribution in [0.3, 0.4) is 0 Å². The van der Waals surface area contributed by atoms with Gasteiger partial charge in [-0.25, -0.2) is 4.79 Å². The van der Waals surface area contributed by atoms with Gasteiger partial charge >= 0.3 is 12.0 Å². The number of aliphatic carboxylic acids is 1. The second kappa shape index (κ2) is 7.12. The van der Waals surface area contributed by atoms with E-state index in [1.165, 1.54) is 4.90 Å². The van der Waals surface area contributed by atoms with E-state index < -0.39 is 18.0 Å². The van der Waals surface area contributed by atoms with Gasteiger partial charge in [-0.1, -0.05) is 13.8 Å². The molecule has 7 heteroatoms. The third-order valence-electron chi connectivity index (χ3n) is 3.13. The highest BCUT2D eigenvalue weighted by Gasteiger charge is 2.32. The Bertz CT molecular complexity index is 354. The molecular weight excluding hydrogens is 262 g/mol. The molecule has 0 saturated heterocycles. The minimum absolute atomic E-state index is 0.184. The lowest BCUT2D eigenvalue weighted by Gasteiger charge is -2.27. The molecular formula is C13H23N3O4. The molecule has 1 atom stereocenters. The second-order valence-electron chi connectivity index (χ2n) is 5.75. The van der Waals surface area contributed by atoms with Crippen molar-refractivity contribution in [3.63, 3.8) is 0 Å². The van der Waals surface area contributed by atoms with Crippen LogP contribution in [0.1, 0.15) is 33.1 Å². The fourth-order valence-corrected chi connectivity index (χ4v) is 2.09. The Kier molecular flexibility index (Phi) is 5.79. The Labute approximate surface area is 118 Å². The Morgan fingerprint density at radius 3 is 2.35 bits per heavy atom. The largest absolute Gasteiger partial charge is 0.480 e. The molecule has 0 radical (unpaired) electrons. The van der Waals surface area contributed by atoms with E-state index in [0.717, 1.165) is 12.8 Å². The van der Waals surface area contributed by atoms with Crippen LogP contribution in [0, 0.1) is 11.8 Å². The molecule has 114 valence electrons. The molecule has 0 aromatic heterocycles. The van der Waals surface area contributed by atoms with Crippen molar-refractivity contribution in [2.24, 2.45) is 17.6 Å². The fourth-order valence-electron chi connectivity index (χ4n) is 2.09. The molecule has 0 bridgehead atoms. The third-order valence-corrected chi connectivity index (χ3v) is 3.13. The zero-order valence-electron chi connectivity index (χ0n) is 12.0. The number of nitrogens with two attached hydrogens (primary N) is 1. The summed E-state index contributed by atoms with van der Waals surface area (Å²) in [6, 6.07) is -1.53. The molecule has 0 heterocycles. The summed E-state index contributed by atoms with van der Waals surface area (Å²) in [5.74, 6) is -0.858. The van der Waals surface area contributed by atoms with Gasteiger partial charge in [0.15, 0.2) is 0 Å². The van der Waals surface area contributed by atoms with Crippen LogP contribution in [0.2, 0.25) is 0 Å². The molecule has 1 fully saturated rings. The first-order valence-corrected chi connectivity index (χ1v) is 6.86. The monoisotopic (exact) mass is 285 g/mol. The molecule has 20 heavy (non-hydrogen) atoms. The number of primary amides is 1. The minimum Gasteiger partial charge on any atom is -0.480 e. The van der Waals surface area contributed by atoms with Crippen LogP contribution in [0.5, 0.6) is 0 Å². The number of nitrogens with one attached hydrogen (secondary N) is 1. The molecule has 1 unspecified atom stereocenters. The normalized spacial score (nSPS) is 15.8. The number of hydrogen-bond acceptors (Lipinski definition) is 3. The fraction of sp³-hybridized carbons (Fsp3) is 0.769. The molecule has 0 spiro atoms. The van der Waals surface area contributed by atoms with Crippen molar-refractivity contribution in [3.05, 3.63) is 0 Å². The maximum absolute atomic E-state index is 12.4. The van der Waals surface area contributed by atoms with Crippen molar-refractivity contribution in [1.29, 1.82) is 0 Å². The smallest absolute Gasteiger partial charge is 0.323 e. The Hall–Kier alpha value is -1.79. The van der Waals surface area contributed by atoms with Gasteiger partial charge in [0.2, 0.25) is 5.91 Å². The first-order valence-electron chi connectivity index (χ1n) is 6.86. The van der Waals surface area contributed by atoms with Crippen molar-refractivity contribution in [1.82, 2.24) is 10.2 Å². The van der Waals surface area contributed by atoms with Gasteiger partial charge in [0.05, 0.1) is 0 Å². The Morgan fingerprint density at radius 1 is 1.35 bits per heavy atom. The van der Waals surface area contributed by atoms with Crippen molar-refractivity contribution in [3.8, 4) is 0 Å². The number of carboxylic acid groups (broad SMARTS) is 1. The molecule has 1 aliphatic carbocycles. The number of urea groups is 1. The lowest BCUT2D eigenvalue weighted by Crippen LogP contribution is -2.52. The van der Waals surface area contributed by atoms with Crippen LogP contribution in [-0.2, 0) is 9.59 Å². The molecule has 0 aromatic rings. The number of carbonyl (C=O) groups is 3. The number of hydrogen-bond donors (Lipinski definition) is 3. The third kappa shape index (κ3) is 5.90. The number of carboxylic acids is 1. The van der Waals surface area contributed by atoms with Gasteiger partial charge in [-0.15, -0.1) is 0 Å². The van der Waals surface area contributed by atoms with Gasteiger partial charge in [-0.3, -0.25) is 9.59 Å². The summed E-state index contributed by atoms with van der Waals surface area (Å²) in [6.07, 6.45) is 2.46. The molecule has 4 N–H and O–H groups in total. The molecule has 3 amide bonds. The summed E-state index contributed by atoms with van der Waals surface area (Å²) in [5, 5.41) is 11.3. The summed E-state index contributed by atoms with van der Waals surface area (Å²) in [7, 11) is 0.